The van der Waals surface area contributed by atoms with Crippen molar-refractivity contribution in [1.82, 2.24) is 26.2 Å². The molecule has 0 aromatic carbocycles. The van der Waals surface area contributed by atoms with Crippen molar-refractivity contribution in [2.24, 2.45) is 34.5 Å². The van der Waals surface area contributed by atoms with Crippen molar-refractivity contribution in [3.05, 3.63) is 0 Å². The van der Waals surface area contributed by atoms with Crippen LogP contribution in [0.25, 0.3) is 0 Å². The van der Waals surface area contributed by atoms with Gasteiger partial charge < -0.3 is 26.2 Å². The van der Waals surface area contributed by atoms with E-state index in [1.54, 1.807) is 18.7 Å². The second kappa shape index (κ2) is 10.8. The molecule has 222 valence electrons. The van der Waals surface area contributed by atoms with Gasteiger partial charge in [0.05, 0.1) is 6.04 Å². The summed E-state index contributed by atoms with van der Waals surface area (Å²) >= 11 is 0. The van der Waals surface area contributed by atoms with Crippen LogP contribution < -0.4 is 21.3 Å². The van der Waals surface area contributed by atoms with Gasteiger partial charge >= 0.3 is 0 Å². The van der Waals surface area contributed by atoms with E-state index in [1.165, 1.54) is 0 Å². The molecule has 40 heavy (non-hydrogen) atoms. The lowest BCUT2D eigenvalue weighted by molar-refractivity contribution is -0.147. The molecule has 4 rings (SSSR count). The highest BCUT2D eigenvalue weighted by molar-refractivity contribution is 6.38. The summed E-state index contributed by atoms with van der Waals surface area (Å²) in [5.41, 5.74) is -0.786. The number of fused-ring (bicyclic) bond motifs is 1. The number of ketones is 1. The Morgan fingerprint density at radius 2 is 1.70 bits per heavy atom. The van der Waals surface area contributed by atoms with Crippen LogP contribution in [0.4, 0.5) is 0 Å². The molecule has 0 spiro atoms. The Balaban J connectivity index is 1.57. The largest absolute Gasteiger partial charge is 0.356 e. The van der Waals surface area contributed by atoms with Crippen LogP contribution in [0.15, 0.2) is 0 Å². The minimum Gasteiger partial charge on any atom is -0.356 e. The third kappa shape index (κ3) is 6.02. The number of carbonyl (C=O) groups is 6. The number of likely N-dealkylation sites (tertiary alicyclic amines) is 1. The summed E-state index contributed by atoms with van der Waals surface area (Å²) in [5, 5.41) is 11.1. The standard InChI is InChI=1S/C29H45N5O6/c1-14(2)23(36)33-22(28(3,4)5)27(40)34-13-17-19(29(17,6)7)20(34)25(38)32-18(12-15-10-11-30-24(15)37)21(35)26(39)31-16-8-9-16/h14-20,22H,8-13H2,1-7H3,(H,30,37)(H,31,39)(H,32,38)(H,33,36). The summed E-state index contributed by atoms with van der Waals surface area (Å²) < 4.78 is 0. The first-order valence-corrected chi connectivity index (χ1v) is 14.6. The maximum Gasteiger partial charge on any atom is 0.289 e. The van der Waals surface area contributed by atoms with Gasteiger partial charge in [-0.3, -0.25) is 28.8 Å². The van der Waals surface area contributed by atoms with E-state index in [9.17, 15) is 28.8 Å². The Bertz CT molecular complexity index is 1090. The van der Waals surface area contributed by atoms with Crippen LogP contribution in [0.3, 0.4) is 0 Å². The Morgan fingerprint density at radius 3 is 2.23 bits per heavy atom. The Hall–Kier alpha value is -2.98. The number of rotatable bonds is 10. The lowest BCUT2D eigenvalue weighted by Gasteiger charge is -2.38. The smallest absolute Gasteiger partial charge is 0.289 e. The molecule has 0 bridgehead atoms. The molecule has 2 saturated heterocycles. The number of hydrogen-bond acceptors (Lipinski definition) is 6. The number of Topliss-reactive ketones (excluding diaryl/α,β-unsaturated/α-hetero) is 1. The van der Waals surface area contributed by atoms with Crippen LogP contribution in [-0.2, 0) is 28.8 Å². The highest BCUT2D eigenvalue weighted by atomic mass is 16.2. The van der Waals surface area contributed by atoms with Crippen molar-refractivity contribution >= 4 is 35.3 Å². The molecule has 2 aliphatic carbocycles. The molecule has 4 N–H and O–H groups in total. The van der Waals surface area contributed by atoms with Crippen molar-refractivity contribution in [2.45, 2.75) is 98.3 Å². The van der Waals surface area contributed by atoms with Crippen LogP contribution in [0, 0.1) is 34.5 Å². The van der Waals surface area contributed by atoms with Gasteiger partial charge in [-0.25, -0.2) is 0 Å². The van der Waals surface area contributed by atoms with E-state index >= 15 is 0 Å². The minimum absolute atomic E-state index is 0.0156. The van der Waals surface area contributed by atoms with E-state index in [0.717, 1.165) is 12.8 Å². The van der Waals surface area contributed by atoms with Gasteiger partial charge in [0.25, 0.3) is 5.91 Å². The van der Waals surface area contributed by atoms with Gasteiger partial charge in [-0.05, 0) is 48.3 Å². The highest BCUT2D eigenvalue weighted by Gasteiger charge is 2.70. The molecule has 4 fully saturated rings. The van der Waals surface area contributed by atoms with Gasteiger partial charge in [-0.15, -0.1) is 0 Å². The Morgan fingerprint density at radius 1 is 1.05 bits per heavy atom. The number of amides is 5. The molecule has 0 aromatic rings. The second-order valence-electron chi connectivity index (χ2n) is 14.0. The SMILES string of the molecule is CC(C)C(=O)NC(C(=O)N1CC2C(C1C(=O)NC(CC1CCNC1=O)C(=O)C(=O)NC1CC1)C2(C)C)C(C)(C)C. The highest BCUT2D eigenvalue weighted by Crippen LogP contribution is 2.65. The topological polar surface area (TPSA) is 154 Å². The van der Waals surface area contributed by atoms with E-state index in [1.807, 2.05) is 20.8 Å². The fourth-order valence-corrected chi connectivity index (χ4v) is 6.22. The van der Waals surface area contributed by atoms with Gasteiger partial charge in [0.1, 0.15) is 12.1 Å². The fraction of sp³-hybridized carbons (Fsp3) is 0.793. The average Bonchev–Trinajstić information content (AvgIpc) is 3.62. The molecule has 0 radical (unpaired) electrons. The van der Waals surface area contributed by atoms with Gasteiger partial charge in [0.2, 0.25) is 29.4 Å². The molecule has 2 saturated carbocycles. The zero-order valence-corrected chi connectivity index (χ0v) is 24.8. The quantitative estimate of drug-likeness (QED) is 0.286. The molecule has 0 aromatic heterocycles. The molecule has 2 aliphatic heterocycles. The molecule has 6 unspecified atom stereocenters. The van der Waals surface area contributed by atoms with Crippen LogP contribution in [0.5, 0.6) is 0 Å². The van der Waals surface area contributed by atoms with Crippen LogP contribution >= 0.6 is 0 Å². The van der Waals surface area contributed by atoms with E-state index in [-0.39, 0.29) is 53.4 Å². The summed E-state index contributed by atoms with van der Waals surface area (Å²) in [6.45, 7) is 14.1. The fourth-order valence-electron chi connectivity index (χ4n) is 6.22. The summed E-state index contributed by atoms with van der Waals surface area (Å²) in [6.07, 6.45) is 2.14. The van der Waals surface area contributed by atoms with Crippen molar-refractivity contribution in [1.29, 1.82) is 0 Å². The van der Waals surface area contributed by atoms with E-state index in [0.29, 0.717) is 19.5 Å². The number of nitrogens with zero attached hydrogens (tertiary/aromatic N) is 1. The number of nitrogens with one attached hydrogen (secondary N) is 4. The van der Waals surface area contributed by atoms with Gasteiger partial charge in [0, 0.05) is 31.0 Å². The van der Waals surface area contributed by atoms with Crippen LogP contribution in [0.2, 0.25) is 0 Å². The normalized spacial score (nSPS) is 28.3. The number of carbonyl (C=O) groups excluding carboxylic acids is 6. The van der Waals surface area contributed by atoms with Crippen molar-refractivity contribution in [2.75, 3.05) is 13.1 Å². The van der Waals surface area contributed by atoms with Crippen LogP contribution in [0.1, 0.15) is 74.1 Å². The van der Waals surface area contributed by atoms with Crippen molar-refractivity contribution < 1.29 is 28.8 Å². The second-order valence-corrected chi connectivity index (χ2v) is 14.0. The van der Waals surface area contributed by atoms with E-state index < -0.39 is 47.1 Å². The summed E-state index contributed by atoms with van der Waals surface area (Å²) in [5.74, 6) is -3.68. The molecule has 5 amide bonds. The maximum atomic E-state index is 14.0. The molecular formula is C29H45N5O6. The van der Waals surface area contributed by atoms with Gasteiger partial charge in [0.15, 0.2) is 0 Å². The Labute approximate surface area is 236 Å². The summed E-state index contributed by atoms with van der Waals surface area (Å²) in [7, 11) is 0. The van der Waals surface area contributed by atoms with Gasteiger partial charge in [-0.1, -0.05) is 48.5 Å². The van der Waals surface area contributed by atoms with Crippen molar-refractivity contribution in [3.8, 4) is 0 Å². The number of hydrogen-bond donors (Lipinski definition) is 4. The lowest BCUT2D eigenvalue weighted by atomic mass is 9.84. The molecule has 11 heteroatoms. The zero-order chi connectivity index (χ0) is 29.7. The Kier molecular flexibility index (Phi) is 8.08. The third-order valence-electron chi connectivity index (χ3n) is 9.14. The first kappa shape index (κ1) is 30.0. The predicted molar refractivity (Wildman–Crippen MR) is 146 cm³/mol. The zero-order valence-electron chi connectivity index (χ0n) is 24.8. The van der Waals surface area contributed by atoms with Gasteiger partial charge in [-0.2, -0.15) is 0 Å². The lowest BCUT2D eigenvalue weighted by Crippen LogP contribution is -2.61. The monoisotopic (exact) mass is 559 g/mol. The first-order valence-electron chi connectivity index (χ1n) is 14.6. The van der Waals surface area contributed by atoms with E-state index in [2.05, 4.69) is 35.1 Å². The molecule has 4 aliphatic rings. The predicted octanol–water partition coefficient (Wildman–Crippen LogP) is 0.515. The van der Waals surface area contributed by atoms with Crippen molar-refractivity contribution in [3.63, 3.8) is 0 Å². The average molecular weight is 560 g/mol. The molecular weight excluding hydrogens is 514 g/mol. The number of piperidine rings is 1. The van der Waals surface area contributed by atoms with Crippen LogP contribution in [-0.4, -0.2) is 77.5 Å². The molecule has 2 heterocycles. The first-order chi connectivity index (χ1) is 18.5. The summed E-state index contributed by atoms with van der Waals surface area (Å²) in [6, 6.07) is -2.92. The van der Waals surface area contributed by atoms with E-state index in [4.69, 9.17) is 0 Å². The third-order valence-corrected chi connectivity index (χ3v) is 9.14. The molecule has 11 nitrogen and oxygen atoms in total. The molecule has 6 atom stereocenters. The minimum atomic E-state index is -1.18. The maximum absolute atomic E-state index is 14.0. The summed E-state index contributed by atoms with van der Waals surface area (Å²) in [4.78, 5) is 80.3.